The SMILES string of the molecule is CCN(C(=O)CNc1ccc(C(=O)NO)cc1)c1ccccc1. The molecule has 2 aromatic carbocycles. The number of likely N-dealkylation sites (N-methyl/N-ethyl adjacent to an activating group) is 1. The fourth-order valence-electron chi connectivity index (χ4n) is 2.19. The maximum Gasteiger partial charge on any atom is 0.274 e. The van der Waals surface area contributed by atoms with Crippen LogP contribution in [0, 0.1) is 0 Å². The van der Waals surface area contributed by atoms with Crippen molar-refractivity contribution < 1.29 is 14.8 Å². The molecular formula is C17H19N3O3. The Morgan fingerprint density at radius 2 is 1.70 bits per heavy atom. The number of nitrogens with zero attached hydrogens (tertiary/aromatic N) is 1. The topological polar surface area (TPSA) is 81.7 Å². The lowest BCUT2D eigenvalue weighted by molar-refractivity contribution is -0.116. The first-order valence-electron chi connectivity index (χ1n) is 7.29. The summed E-state index contributed by atoms with van der Waals surface area (Å²) in [4.78, 5) is 25.3. The second-order valence-corrected chi connectivity index (χ2v) is 4.85. The van der Waals surface area contributed by atoms with Crippen molar-refractivity contribution in [2.75, 3.05) is 23.3 Å². The van der Waals surface area contributed by atoms with Crippen LogP contribution in [0.5, 0.6) is 0 Å². The Kier molecular flexibility index (Phi) is 5.71. The lowest BCUT2D eigenvalue weighted by Gasteiger charge is -2.21. The summed E-state index contributed by atoms with van der Waals surface area (Å²) in [5, 5.41) is 11.6. The second kappa shape index (κ2) is 7.95. The average molecular weight is 313 g/mol. The highest BCUT2D eigenvalue weighted by atomic mass is 16.5. The van der Waals surface area contributed by atoms with E-state index in [1.165, 1.54) is 0 Å². The molecule has 0 fully saturated rings. The van der Waals surface area contributed by atoms with Gasteiger partial charge < -0.3 is 10.2 Å². The highest BCUT2D eigenvalue weighted by Gasteiger charge is 2.13. The van der Waals surface area contributed by atoms with Crippen molar-refractivity contribution in [3.05, 3.63) is 60.2 Å². The van der Waals surface area contributed by atoms with Crippen LogP contribution in [0.4, 0.5) is 11.4 Å². The minimum Gasteiger partial charge on any atom is -0.376 e. The van der Waals surface area contributed by atoms with Gasteiger partial charge in [0.1, 0.15) is 0 Å². The number of carbonyl (C=O) groups excluding carboxylic acids is 2. The molecule has 3 N–H and O–H groups in total. The van der Waals surface area contributed by atoms with Gasteiger partial charge in [-0.3, -0.25) is 14.8 Å². The molecule has 0 aliphatic heterocycles. The van der Waals surface area contributed by atoms with Crippen LogP contribution in [0.3, 0.4) is 0 Å². The third kappa shape index (κ3) is 4.31. The quantitative estimate of drug-likeness (QED) is 0.564. The molecule has 120 valence electrons. The number of benzene rings is 2. The number of nitrogens with one attached hydrogen (secondary N) is 2. The number of carbonyl (C=O) groups is 2. The molecule has 2 amide bonds. The smallest absolute Gasteiger partial charge is 0.274 e. The molecule has 2 rings (SSSR count). The summed E-state index contributed by atoms with van der Waals surface area (Å²) >= 11 is 0. The zero-order chi connectivity index (χ0) is 16.7. The van der Waals surface area contributed by atoms with Gasteiger partial charge in [0.25, 0.3) is 5.91 Å². The molecule has 6 heteroatoms. The number of hydrogen-bond acceptors (Lipinski definition) is 4. The Hall–Kier alpha value is -2.86. The molecule has 0 saturated heterocycles. The molecule has 0 saturated carbocycles. The molecular weight excluding hydrogens is 294 g/mol. The monoisotopic (exact) mass is 313 g/mol. The summed E-state index contributed by atoms with van der Waals surface area (Å²) in [7, 11) is 0. The lowest BCUT2D eigenvalue weighted by atomic mass is 10.2. The van der Waals surface area contributed by atoms with Crippen molar-refractivity contribution in [3.8, 4) is 0 Å². The van der Waals surface area contributed by atoms with Gasteiger partial charge in [0.15, 0.2) is 0 Å². The molecule has 0 heterocycles. The van der Waals surface area contributed by atoms with E-state index in [9.17, 15) is 9.59 Å². The molecule has 0 aromatic heterocycles. The van der Waals surface area contributed by atoms with Gasteiger partial charge in [-0.15, -0.1) is 0 Å². The first kappa shape index (κ1) is 16.5. The fraction of sp³-hybridized carbons (Fsp3) is 0.176. The Labute approximate surface area is 134 Å². The summed E-state index contributed by atoms with van der Waals surface area (Å²) in [6, 6.07) is 16.0. The van der Waals surface area contributed by atoms with E-state index in [1.807, 2.05) is 37.3 Å². The average Bonchev–Trinajstić information content (AvgIpc) is 2.61. The molecule has 6 nitrogen and oxygen atoms in total. The van der Waals surface area contributed by atoms with Crippen LogP contribution >= 0.6 is 0 Å². The molecule has 0 unspecified atom stereocenters. The maximum absolute atomic E-state index is 12.3. The minimum atomic E-state index is -0.575. The van der Waals surface area contributed by atoms with Crippen LogP contribution in [-0.2, 0) is 4.79 Å². The second-order valence-electron chi connectivity index (χ2n) is 4.85. The number of hydrogen-bond donors (Lipinski definition) is 3. The number of amides is 2. The van der Waals surface area contributed by atoms with Gasteiger partial charge in [0, 0.05) is 23.5 Å². The van der Waals surface area contributed by atoms with E-state index in [-0.39, 0.29) is 12.5 Å². The van der Waals surface area contributed by atoms with Crippen LogP contribution in [0.25, 0.3) is 0 Å². The molecule has 2 aromatic rings. The van der Waals surface area contributed by atoms with Gasteiger partial charge in [0.2, 0.25) is 5.91 Å². The number of para-hydroxylation sites is 1. The number of rotatable bonds is 6. The van der Waals surface area contributed by atoms with E-state index >= 15 is 0 Å². The van der Waals surface area contributed by atoms with Crippen molar-refractivity contribution in [1.29, 1.82) is 0 Å². The fourth-order valence-corrected chi connectivity index (χ4v) is 2.19. The lowest BCUT2D eigenvalue weighted by Crippen LogP contribution is -2.35. The van der Waals surface area contributed by atoms with E-state index in [0.717, 1.165) is 11.4 Å². The standard InChI is InChI=1S/C17H19N3O3/c1-2-20(15-6-4-3-5-7-15)16(21)12-18-14-10-8-13(9-11-14)17(22)19-23/h3-11,18,23H,2,12H2,1H3,(H,19,22). The van der Waals surface area contributed by atoms with Gasteiger partial charge in [-0.2, -0.15) is 0 Å². The summed E-state index contributed by atoms with van der Waals surface area (Å²) in [6.45, 7) is 2.65. The Morgan fingerprint density at radius 1 is 1.04 bits per heavy atom. The van der Waals surface area contributed by atoms with Crippen LogP contribution in [0.15, 0.2) is 54.6 Å². The van der Waals surface area contributed by atoms with Gasteiger partial charge >= 0.3 is 0 Å². The summed E-state index contributed by atoms with van der Waals surface area (Å²) in [6.07, 6.45) is 0. The van der Waals surface area contributed by atoms with Crippen LogP contribution in [-0.4, -0.2) is 30.1 Å². The Balaban J connectivity index is 1.97. The van der Waals surface area contributed by atoms with Crippen molar-refractivity contribution in [2.24, 2.45) is 0 Å². The molecule has 23 heavy (non-hydrogen) atoms. The van der Waals surface area contributed by atoms with Gasteiger partial charge in [0.05, 0.1) is 6.54 Å². The number of hydroxylamine groups is 1. The molecule has 0 bridgehead atoms. The van der Waals surface area contributed by atoms with E-state index in [4.69, 9.17) is 5.21 Å². The first-order valence-corrected chi connectivity index (χ1v) is 7.29. The predicted octanol–water partition coefficient (Wildman–Crippen LogP) is 2.27. The van der Waals surface area contributed by atoms with E-state index in [2.05, 4.69) is 5.32 Å². The third-order valence-corrected chi connectivity index (χ3v) is 3.38. The van der Waals surface area contributed by atoms with Crippen molar-refractivity contribution in [2.45, 2.75) is 6.92 Å². The summed E-state index contributed by atoms with van der Waals surface area (Å²) < 4.78 is 0. The Morgan fingerprint density at radius 3 is 2.26 bits per heavy atom. The molecule has 0 aliphatic carbocycles. The van der Waals surface area contributed by atoms with Crippen LogP contribution < -0.4 is 15.7 Å². The first-order chi connectivity index (χ1) is 11.2. The zero-order valence-corrected chi connectivity index (χ0v) is 12.8. The van der Waals surface area contributed by atoms with E-state index < -0.39 is 5.91 Å². The zero-order valence-electron chi connectivity index (χ0n) is 12.8. The maximum atomic E-state index is 12.3. The van der Waals surface area contributed by atoms with Gasteiger partial charge in [-0.1, -0.05) is 18.2 Å². The Bertz CT molecular complexity index is 657. The normalized spacial score (nSPS) is 10.0. The summed E-state index contributed by atoms with van der Waals surface area (Å²) in [5.74, 6) is -0.621. The minimum absolute atomic E-state index is 0.0455. The van der Waals surface area contributed by atoms with Crippen molar-refractivity contribution in [1.82, 2.24) is 5.48 Å². The highest BCUT2D eigenvalue weighted by Crippen LogP contribution is 2.14. The largest absolute Gasteiger partial charge is 0.376 e. The number of anilines is 2. The van der Waals surface area contributed by atoms with Gasteiger partial charge in [-0.05, 0) is 43.3 Å². The molecule has 0 aliphatic rings. The molecule has 0 radical (unpaired) electrons. The predicted molar refractivity (Wildman–Crippen MR) is 88.7 cm³/mol. The van der Waals surface area contributed by atoms with Crippen LogP contribution in [0.1, 0.15) is 17.3 Å². The molecule has 0 spiro atoms. The van der Waals surface area contributed by atoms with E-state index in [0.29, 0.717) is 12.1 Å². The highest BCUT2D eigenvalue weighted by molar-refractivity contribution is 5.96. The van der Waals surface area contributed by atoms with Gasteiger partial charge in [-0.25, -0.2) is 5.48 Å². The van der Waals surface area contributed by atoms with Crippen LogP contribution in [0.2, 0.25) is 0 Å². The van der Waals surface area contributed by atoms with E-state index in [1.54, 1.807) is 34.6 Å². The van der Waals surface area contributed by atoms with Crippen molar-refractivity contribution >= 4 is 23.2 Å². The summed E-state index contributed by atoms with van der Waals surface area (Å²) in [5.41, 5.74) is 3.49. The third-order valence-electron chi connectivity index (χ3n) is 3.38. The molecule has 0 atom stereocenters. The van der Waals surface area contributed by atoms with Crippen molar-refractivity contribution in [3.63, 3.8) is 0 Å².